The van der Waals surface area contributed by atoms with Crippen LogP contribution in [-0.2, 0) is 9.59 Å². The number of hydrazine groups is 1. The molecule has 21 heavy (non-hydrogen) atoms. The minimum atomic E-state index is -0.436. The van der Waals surface area contributed by atoms with Crippen molar-refractivity contribution in [2.75, 3.05) is 5.01 Å². The molecular weight excluding hydrogens is 268 g/mol. The van der Waals surface area contributed by atoms with Crippen LogP contribution >= 0.6 is 0 Å². The maximum absolute atomic E-state index is 12.4. The summed E-state index contributed by atoms with van der Waals surface area (Å²) in [5, 5.41) is 1.25. The summed E-state index contributed by atoms with van der Waals surface area (Å²) in [5.41, 5.74) is 5.44. The van der Waals surface area contributed by atoms with E-state index in [9.17, 15) is 9.59 Å². The minimum absolute atomic E-state index is 0.0585. The van der Waals surface area contributed by atoms with Gasteiger partial charge in [0.05, 0.1) is 12.0 Å². The zero-order valence-electron chi connectivity index (χ0n) is 11.7. The van der Waals surface area contributed by atoms with Gasteiger partial charge >= 0.3 is 0 Å². The number of aryl methyl sites for hydroxylation is 2. The summed E-state index contributed by atoms with van der Waals surface area (Å²) < 4.78 is 5.14. The number of hydrogen-bond donors (Lipinski definition) is 1. The molecule has 1 aromatic heterocycles. The number of amides is 2. The second-order valence-corrected chi connectivity index (χ2v) is 4.92. The summed E-state index contributed by atoms with van der Waals surface area (Å²) in [4.78, 5) is 24.3. The third-order valence-electron chi connectivity index (χ3n) is 3.47. The van der Waals surface area contributed by atoms with Crippen LogP contribution in [0, 0.1) is 13.8 Å². The highest BCUT2D eigenvalue weighted by Crippen LogP contribution is 2.23. The standard InChI is InChI=1S/C16H14N2O3/c1-10-5-6-12(8-11(10)2)18-16(20)14(15(19)17-18)9-13-4-3-7-21-13/h3-9H,1-2H3,(H,17,19)/b14-9+. The Balaban J connectivity index is 1.95. The molecular formula is C16H14N2O3. The molecule has 5 nitrogen and oxygen atoms in total. The van der Waals surface area contributed by atoms with E-state index in [1.807, 2.05) is 26.0 Å². The Labute approximate surface area is 121 Å². The van der Waals surface area contributed by atoms with Gasteiger partial charge in [0, 0.05) is 0 Å². The van der Waals surface area contributed by atoms with Crippen molar-refractivity contribution in [1.29, 1.82) is 0 Å². The fraction of sp³-hybridized carbons (Fsp3) is 0.125. The van der Waals surface area contributed by atoms with Crippen LogP contribution in [0.2, 0.25) is 0 Å². The highest BCUT2D eigenvalue weighted by atomic mass is 16.3. The molecule has 1 saturated heterocycles. The lowest BCUT2D eigenvalue weighted by Crippen LogP contribution is -2.35. The third-order valence-corrected chi connectivity index (χ3v) is 3.47. The average Bonchev–Trinajstić information content (AvgIpc) is 3.06. The molecule has 1 aromatic carbocycles. The number of carbonyl (C=O) groups is 2. The van der Waals surface area contributed by atoms with Crippen molar-refractivity contribution in [3.05, 3.63) is 59.1 Å². The summed E-state index contributed by atoms with van der Waals surface area (Å²) in [5.74, 6) is -0.357. The second-order valence-electron chi connectivity index (χ2n) is 4.92. The van der Waals surface area contributed by atoms with Gasteiger partial charge in [0.2, 0.25) is 0 Å². The molecule has 0 spiro atoms. The Bertz CT molecular complexity index is 745. The van der Waals surface area contributed by atoms with E-state index in [1.165, 1.54) is 17.3 Å². The lowest BCUT2D eigenvalue weighted by atomic mass is 10.1. The van der Waals surface area contributed by atoms with E-state index in [2.05, 4.69) is 5.43 Å². The molecule has 1 fully saturated rings. The number of rotatable bonds is 2. The van der Waals surface area contributed by atoms with Crippen LogP contribution < -0.4 is 10.4 Å². The van der Waals surface area contributed by atoms with Crippen molar-refractivity contribution in [3.63, 3.8) is 0 Å². The summed E-state index contributed by atoms with van der Waals surface area (Å²) >= 11 is 0. The van der Waals surface area contributed by atoms with Crippen LogP contribution in [0.1, 0.15) is 16.9 Å². The van der Waals surface area contributed by atoms with Crippen LogP contribution in [0.4, 0.5) is 5.69 Å². The molecule has 0 bridgehead atoms. The van der Waals surface area contributed by atoms with E-state index in [-0.39, 0.29) is 11.5 Å². The number of nitrogens with one attached hydrogen (secondary N) is 1. The Morgan fingerprint density at radius 3 is 2.62 bits per heavy atom. The van der Waals surface area contributed by atoms with Crippen LogP contribution in [0.5, 0.6) is 0 Å². The highest BCUT2D eigenvalue weighted by molar-refractivity contribution is 6.31. The van der Waals surface area contributed by atoms with E-state index in [0.29, 0.717) is 11.4 Å². The predicted molar refractivity (Wildman–Crippen MR) is 78.2 cm³/mol. The first kappa shape index (κ1) is 13.2. The van der Waals surface area contributed by atoms with E-state index in [4.69, 9.17) is 4.42 Å². The van der Waals surface area contributed by atoms with Crippen LogP contribution in [-0.4, -0.2) is 11.8 Å². The smallest absolute Gasteiger partial charge is 0.282 e. The predicted octanol–water partition coefficient (Wildman–Crippen LogP) is 2.36. The first-order valence-electron chi connectivity index (χ1n) is 6.54. The molecule has 0 radical (unpaired) electrons. The molecule has 106 valence electrons. The zero-order valence-corrected chi connectivity index (χ0v) is 11.7. The minimum Gasteiger partial charge on any atom is -0.465 e. The average molecular weight is 282 g/mol. The van der Waals surface area contributed by atoms with E-state index < -0.39 is 5.91 Å². The van der Waals surface area contributed by atoms with Gasteiger partial charge in [-0.1, -0.05) is 6.07 Å². The van der Waals surface area contributed by atoms with E-state index in [0.717, 1.165) is 11.1 Å². The number of hydrogen-bond acceptors (Lipinski definition) is 3. The van der Waals surface area contributed by atoms with Crippen molar-refractivity contribution >= 4 is 23.6 Å². The van der Waals surface area contributed by atoms with Gasteiger partial charge in [0.15, 0.2) is 0 Å². The summed E-state index contributed by atoms with van der Waals surface area (Å²) in [6.45, 7) is 3.95. The molecule has 1 aliphatic heterocycles. The molecule has 0 saturated carbocycles. The van der Waals surface area contributed by atoms with Gasteiger partial charge in [0.25, 0.3) is 11.8 Å². The normalized spacial score (nSPS) is 16.7. The van der Waals surface area contributed by atoms with Crippen molar-refractivity contribution in [3.8, 4) is 0 Å². The topological polar surface area (TPSA) is 62.6 Å². The Hall–Kier alpha value is -2.82. The van der Waals surface area contributed by atoms with Gasteiger partial charge in [-0.15, -0.1) is 0 Å². The molecule has 0 aliphatic carbocycles. The molecule has 1 N–H and O–H groups in total. The molecule has 2 aromatic rings. The second kappa shape index (κ2) is 4.94. The molecule has 0 unspecified atom stereocenters. The zero-order chi connectivity index (χ0) is 15.0. The van der Waals surface area contributed by atoms with Crippen LogP contribution in [0.25, 0.3) is 6.08 Å². The highest BCUT2D eigenvalue weighted by Gasteiger charge is 2.34. The van der Waals surface area contributed by atoms with E-state index >= 15 is 0 Å². The largest absolute Gasteiger partial charge is 0.465 e. The van der Waals surface area contributed by atoms with Crippen molar-refractivity contribution < 1.29 is 14.0 Å². The third kappa shape index (κ3) is 2.33. The van der Waals surface area contributed by atoms with Gasteiger partial charge in [-0.05, 0) is 55.3 Å². The molecule has 2 amide bonds. The lowest BCUT2D eigenvalue weighted by Gasteiger charge is -2.15. The summed E-state index contributed by atoms with van der Waals surface area (Å²) in [7, 11) is 0. The van der Waals surface area contributed by atoms with Crippen molar-refractivity contribution in [1.82, 2.24) is 5.43 Å². The quantitative estimate of drug-likeness (QED) is 0.679. The van der Waals surface area contributed by atoms with Crippen molar-refractivity contribution in [2.24, 2.45) is 0 Å². The van der Waals surface area contributed by atoms with Crippen LogP contribution in [0.15, 0.2) is 46.6 Å². The number of benzene rings is 1. The number of anilines is 1. The number of nitrogens with zero attached hydrogens (tertiary/aromatic N) is 1. The summed E-state index contributed by atoms with van der Waals surface area (Å²) in [6.07, 6.45) is 2.93. The molecule has 3 rings (SSSR count). The molecule has 1 aliphatic rings. The molecule has 5 heteroatoms. The SMILES string of the molecule is Cc1ccc(N2NC(=O)/C(=C\c3ccco3)C2=O)cc1C. The fourth-order valence-corrected chi connectivity index (χ4v) is 2.12. The Morgan fingerprint density at radius 1 is 1.14 bits per heavy atom. The van der Waals surface area contributed by atoms with Gasteiger partial charge in [-0.3, -0.25) is 15.0 Å². The van der Waals surface area contributed by atoms with Gasteiger partial charge in [-0.2, -0.15) is 0 Å². The maximum atomic E-state index is 12.4. The fourth-order valence-electron chi connectivity index (χ4n) is 2.12. The Morgan fingerprint density at radius 2 is 1.95 bits per heavy atom. The van der Waals surface area contributed by atoms with E-state index in [1.54, 1.807) is 18.2 Å². The van der Waals surface area contributed by atoms with Gasteiger partial charge in [-0.25, -0.2) is 5.01 Å². The van der Waals surface area contributed by atoms with Crippen LogP contribution in [0.3, 0.4) is 0 Å². The Kier molecular flexibility index (Phi) is 3.10. The first-order chi connectivity index (χ1) is 10.1. The number of carbonyl (C=O) groups excluding carboxylic acids is 2. The van der Waals surface area contributed by atoms with Crippen molar-refractivity contribution in [2.45, 2.75) is 13.8 Å². The molecule has 2 heterocycles. The summed E-state index contributed by atoms with van der Waals surface area (Å²) in [6, 6.07) is 8.97. The van der Waals surface area contributed by atoms with Gasteiger partial charge < -0.3 is 4.42 Å². The maximum Gasteiger partial charge on any atom is 0.282 e. The monoisotopic (exact) mass is 282 g/mol. The first-order valence-corrected chi connectivity index (χ1v) is 6.54. The number of furan rings is 1. The molecule has 0 atom stereocenters. The lowest BCUT2D eigenvalue weighted by molar-refractivity contribution is -0.117. The van der Waals surface area contributed by atoms with Gasteiger partial charge in [0.1, 0.15) is 11.3 Å².